The molecule has 2 aliphatic rings. The SMILES string of the molecule is CC(C)(C)CC(=O)N1CCN(c2ccc(B3OC(C)(C)C(C)(C)O3)cn2)CC1. The molecule has 0 bridgehead atoms. The molecule has 6 nitrogen and oxygen atoms in total. The molecule has 7 heteroatoms. The van der Waals surface area contributed by atoms with Gasteiger partial charge in [-0.3, -0.25) is 4.79 Å². The molecule has 0 unspecified atom stereocenters. The summed E-state index contributed by atoms with van der Waals surface area (Å²) in [6.07, 6.45) is 2.43. The molecule has 1 amide bonds. The molecule has 0 spiro atoms. The van der Waals surface area contributed by atoms with Crippen LogP contribution in [0.5, 0.6) is 0 Å². The van der Waals surface area contributed by atoms with Crippen LogP contribution in [-0.4, -0.2) is 60.3 Å². The highest BCUT2D eigenvalue weighted by atomic mass is 16.7. The van der Waals surface area contributed by atoms with Crippen LogP contribution in [-0.2, 0) is 14.1 Å². The monoisotopic (exact) mass is 387 g/mol. The van der Waals surface area contributed by atoms with Crippen LogP contribution in [0.1, 0.15) is 54.9 Å². The second-order valence-corrected chi connectivity index (χ2v) is 10.1. The van der Waals surface area contributed by atoms with Gasteiger partial charge in [-0.15, -0.1) is 0 Å². The molecule has 2 fully saturated rings. The second-order valence-electron chi connectivity index (χ2n) is 10.1. The molecule has 0 aliphatic carbocycles. The van der Waals surface area contributed by atoms with E-state index in [-0.39, 0.29) is 22.5 Å². The predicted octanol–water partition coefficient (Wildman–Crippen LogP) is 2.47. The van der Waals surface area contributed by atoms with Crippen LogP contribution in [0.2, 0.25) is 0 Å². The van der Waals surface area contributed by atoms with E-state index in [1.54, 1.807) is 0 Å². The molecule has 2 saturated heterocycles. The van der Waals surface area contributed by atoms with Crippen molar-refractivity contribution in [2.75, 3.05) is 31.1 Å². The van der Waals surface area contributed by atoms with Crippen molar-refractivity contribution < 1.29 is 14.1 Å². The number of nitrogens with zero attached hydrogens (tertiary/aromatic N) is 3. The Hall–Kier alpha value is -1.60. The average Bonchev–Trinajstić information content (AvgIpc) is 2.81. The van der Waals surface area contributed by atoms with Crippen molar-refractivity contribution in [1.82, 2.24) is 9.88 Å². The van der Waals surface area contributed by atoms with Crippen molar-refractivity contribution in [1.29, 1.82) is 0 Å². The summed E-state index contributed by atoms with van der Waals surface area (Å²) in [5, 5.41) is 0. The van der Waals surface area contributed by atoms with E-state index in [1.807, 2.05) is 23.2 Å². The number of rotatable bonds is 3. The molecule has 0 radical (unpaired) electrons. The van der Waals surface area contributed by atoms with Crippen LogP contribution in [0.25, 0.3) is 0 Å². The number of amides is 1. The van der Waals surface area contributed by atoms with Crippen molar-refractivity contribution in [3.63, 3.8) is 0 Å². The van der Waals surface area contributed by atoms with E-state index in [4.69, 9.17) is 9.31 Å². The van der Waals surface area contributed by atoms with E-state index in [1.165, 1.54) is 0 Å². The highest BCUT2D eigenvalue weighted by molar-refractivity contribution is 6.62. The third-order valence-electron chi connectivity index (χ3n) is 5.93. The summed E-state index contributed by atoms with van der Waals surface area (Å²) in [7, 11) is -0.390. The van der Waals surface area contributed by atoms with E-state index < -0.39 is 7.12 Å². The maximum absolute atomic E-state index is 12.4. The first kappa shape index (κ1) is 21.1. The second kappa shape index (κ2) is 7.34. The topological polar surface area (TPSA) is 54.9 Å². The molecular weight excluding hydrogens is 353 g/mol. The van der Waals surface area contributed by atoms with E-state index in [2.05, 4.69) is 58.4 Å². The highest BCUT2D eigenvalue weighted by Gasteiger charge is 2.51. The maximum atomic E-state index is 12.4. The van der Waals surface area contributed by atoms with Crippen molar-refractivity contribution in [2.24, 2.45) is 5.41 Å². The van der Waals surface area contributed by atoms with Gasteiger partial charge in [-0.1, -0.05) is 26.8 Å². The van der Waals surface area contributed by atoms with Gasteiger partial charge in [0.15, 0.2) is 0 Å². The number of hydrogen-bond donors (Lipinski definition) is 0. The third-order valence-corrected chi connectivity index (χ3v) is 5.93. The number of pyridine rings is 1. The highest BCUT2D eigenvalue weighted by Crippen LogP contribution is 2.36. The maximum Gasteiger partial charge on any atom is 0.496 e. The van der Waals surface area contributed by atoms with Crippen LogP contribution in [0.15, 0.2) is 18.3 Å². The first-order valence-corrected chi connectivity index (χ1v) is 10.2. The van der Waals surface area contributed by atoms with Gasteiger partial charge in [0.25, 0.3) is 0 Å². The van der Waals surface area contributed by atoms with Crippen molar-refractivity contribution in [3.8, 4) is 0 Å². The first-order chi connectivity index (χ1) is 12.9. The van der Waals surface area contributed by atoms with E-state index in [0.717, 1.165) is 37.5 Å². The molecule has 28 heavy (non-hydrogen) atoms. The fourth-order valence-corrected chi connectivity index (χ4v) is 3.45. The molecule has 0 saturated carbocycles. The lowest BCUT2D eigenvalue weighted by Gasteiger charge is -2.36. The Morgan fingerprint density at radius 3 is 2.11 bits per heavy atom. The summed E-state index contributed by atoms with van der Waals surface area (Å²) in [5.74, 6) is 1.18. The van der Waals surface area contributed by atoms with E-state index >= 15 is 0 Å². The minimum Gasteiger partial charge on any atom is -0.399 e. The van der Waals surface area contributed by atoms with Gasteiger partial charge in [-0.2, -0.15) is 0 Å². The number of hydrogen-bond acceptors (Lipinski definition) is 5. The lowest BCUT2D eigenvalue weighted by Crippen LogP contribution is -2.49. The molecule has 1 aromatic heterocycles. The van der Waals surface area contributed by atoms with Crippen molar-refractivity contribution >= 4 is 24.3 Å². The number of piperazine rings is 1. The van der Waals surface area contributed by atoms with Gasteiger partial charge in [0, 0.05) is 44.3 Å². The Labute approximate surface area is 169 Å². The molecule has 3 rings (SSSR count). The quantitative estimate of drug-likeness (QED) is 0.746. The Balaban J connectivity index is 1.58. The first-order valence-electron chi connectivity index (χ1n) is 10.2. The van der Waals surface area contributed by atoms with Crippen molar-refractivity contribution in [2.45, 2.75) is 66.1 Å². The molecular formula is C21H34BN3O3. The van der Waals surface area contributed by atoms with Gasteiger partial charge in [0.05, 0.1) is 11.2 Å². The van der Waals surface area contributed by atoms with Crippen LogP contribution in [0.3, 0.4) is 0 Å². The molecule has 3 heterocycles. The predicted molar refractivity (Wildman–Crippen MR) is 113 cm³/mol. The number of carbonyl (C=O) groups is 1. The molecule has 0 atom stereocenters. The van der Waals surface area contributed by atoms with Gasteiger partial charge >= 0.3 is 7.12 Å². The van der Waals surface area contributed by atoms with Crippen LogP contribution in [0, 0.1) is 5.41 Å². The average molecular weight is 387 g/mol. The van der Waals surface area contributed by atoms with Gasteiger partial charge in [-0.25, -0.2) is 4.98 Å². The van der Waals surface area contributed by atoms with Crippen LogP contribution >= 0.6 is 0 Å². The Bertz CT molecular complexity index is 689. The Morgan fingerprint density at radius 2 is 1.64 bits per heavy atom. The Morgan fingerprint density at radius 1 is 1.07 bits per heavy atom. The lowest BCUT2D eigenvalue weighted by molar-refractivity contribution is -0.133. The van der Waals surface area contributed by atoms with Gasteiger partial charge in [-0.05, 0) is 39.2 Å². The summed E-state index contributed by atoms with van der Waals surface area (Å²) in [4.78, 5) is 21.3. The Kier molecular flexibility index (Phi) is 5.54. The largest absolute Gasteiger partial charge is 0.496 e. The minimum atomic E-state index is -0.390. The minimum absolute atomic E-state index is 0.0269. The summed E-state index contributed by atoms with van der Waals surface area (Å²) >= 11 is 0. The number of carbonyl (C=O) groups excluding carboxylic acids is 1. The normalized spacial score (nSPS) is 21.9. The summed E-state index contributed by atoms with van der Waals surface area (Å²) < 4.78 is 12.2. The van der Waals surface area contributed by atoms with Crippen molar-refractivity contribution in [3.05, 3.63) is 18.3 Å². The van der Waals surface area contributed by atoms with Crippen LogP contribution in [0.4, 0.5) is 5.82 Å². The standard InChI is InChI=1S/C21H34BN3O3/c1-19(2,3)14-18(26)25-12-10-24(11-13-25)17-9-8-16(15-23-17)22-27-20(4,5)21(6,7)28-22/h8-9,15H,10-14H2,1-7H3. The zero-order valence-electron chi connectivity index (χ0n) is 18.4. The van der Waals surface area contributed by atoms with Gasteiger partial charge < -0.3 is 19.1 Å². The van der Waals surface area contributed by atoms with Gasteiger partial charge in [0.1, 0.15) is 5.82 Å². The van der Waals surface area contributed by atoms with E-state index in [9.17, 15) is 4.79 Å². The smallest absolute Gasteiger partial charge is 0.399 e. The van der Waals surface area contributed by atoms with Gasteiger partial charge in [0.2, 0.25) is 5.91 Å². The molecule has 0 aromatic carbocycles. The summed E-state index contributed by atoms with van der Waals surface area (Å²) in [6, 6.07) is 4.05. The third kappa shape index (κ3) is 4.52. The number of anilines is 1. The molecule has 0 N–H and O–H groups in total. The fraction of sp³-hybridized carbons (Fsp3) is 0.714. The molecule has 154 valence electrons. The van der Waals surface area contributed by atoms with E-state index in [0.29, 0.717) is 6.42 Å². The summed E-state index contributed by atoms with van der Waals surface area (Å²) in [6.45, 7) is 17.6. The number of aromatic nitrogens is 1. The molecule has 1 aromatic rings. The zero-order valence-corrected chi connectivity index (χ0v) is 18.4. The fourth-order valence-electron chi connectivity index (χ4n) is 3.45. The van der Waals surface area contributed by atoms with Crippen LogP contribution < -0.4 is 10.4 Å². The zero-order chi connectivity index (χ0) is 20.7. The molecule has 2 aliphatic heterocycles. The summed E-state index contributed by atoms with van der Waals surface area (Å²) in [5.41, 5.74) is 0.249. The lowest BCUT2D eigenvalue weighted by atomic mass is 9.80.